The molecule has 0 heterocycles. The third-order valence-corrected chi connectivity index (χ3v) is 2.36. The van der Waals surface area contributed by atoms with Crippen LogP contribution in [0.1, 0.15) is 33.1 Å². The van der Waals surface area contributed by atoms with E-state index in [4.69, 9.17) is 0 Å². The highest BCUT2D eigenvalue weighted by molar-refractivity contribution is 5.69. The molecule has 0 aromatic rings. The number of ether oxygens (including phenoxy) is 1. The maximum absolute atomic E-state index is 10.8. The molecular weight excluding hydrogens is 166 g/mol. The predicted octanol–water partition coefficient (Wildman–Crippen LogP) is 1.67. The highest BCUT2D eigenvalue weighted by Crippen LogP contribution is 2.04. The van der Waals surface area contributed by atoms with E-state index in [-0.39, 0.29) is 5.97 Å². The summed E-state index contributed by atoms with van der Waals surface area (Å²) in [5.74, 6) is -0.129. The number of rotatable bonds is 6. The van der Waals surface area contributed by atoms with Gasteiger partial charge in [-0.3, -0.25) is 4.79 Å². The number of methoxy groups -OCH3 is 1. The lowest BCUT2D eigenvalue weighted by molar-refractivity contribution is -0.141. The maximum Gasteiger partial charge on any atom is 0.306 e. The first-order valence-corrected chi connectivity index (χ1v) is 4.88. The molecule has 1 atom stereocenters. The Labute approximate surface area is 81.1 Å². The minimum Gasteiger partial charge on any atom is -0.469 e. The summed E-state index contributed by atoms with van der Waals surface area (Å²) >= 11 is 0. The predicted molar refractivity (Wildman–Crippen MR) is 53.6 cm³/mol. The first-order chi connectivity index (χ1) is 6.11. The van der Waals surface area contributed by atoms with Crippen LogP contribution in [0.5, 0.6) is 0 Å². The molecule has 1 unspecified atom stereocenters. The minimum atomic E-state index is -0.129. The molecule has 0 spiro atoms. The van der Waals surface area contributed by atoms with E-state index in [1.807, 2.05) is 7.05 Å². The summed E-state index contributed by atoms with van der Waals surface area (Å²) in [6, 6.07) is 0.551. The number of hydrogen-bond acceptors (Lipinski definition) is 3. The van der Waals surface area contributed by atoms with Crippen LogP contribution < -0.4 is 0 Å². The molecule has 3 nitrogen and oxygen atoms in total. The van der Waals surface area contributed by atoms with Crippen molar-refractivity contribution in [2.24, 2.45) is 0 Å². The van der Waals surface area contributed by atoms with E-state index in [9.17, 15) is 4.79 Å². The van der Waals surface area contributed by atoms with Gasteiger partial charge in [0.05, 0.1) is 13.5 Å². The fourth-order valence-corrected chi connectivity index (χ4v) is 1.23. The Morgan fingerprint density at radius 2 is 2.15 bits per heavy atom. The molecule has 0 aliphatic carbocycles. The van der Waals surface area contributed by atoms with Crippen LogP contribution in [0.4, 0.5) is 0 Å². The van der Waals surface area contributed by atoms with Crippen molar-refractivity contribution in [2.75, 3.05) is 20.7 Å². The molecule has 78 valence electrons. The molecule has 0 fully saturated rings. The second-order valence-electron chi connectivity index (χ2n) is 3.44. The average Bonchev–Trinajstić information content (AvgIpc) is 2.13. The molecule has 0 amide bonds. The lowest BCUT2D eigenvalue weighted by Gasteiger charge is -2.23. The van der Waals surface area contributed by atoms with Gasteiger partial charge in [0.25, 0.3) is 0 Å². The van der Waals surface area contributed by atoms with Gasteiger partial charge in [0.1, 0.15) is 0 Å². The summed E-state index contributed by atoms with van der Waals surface area (Å²) in [5, 5.41) is 0. The zero-order chi connectivity index (χ0) is 10.3. The second-order valence-corrected chi connectivity index (χ2v) is 3.44. The van der Waals surface area contributed by atoms with Crippen LogP contribution in [0.15, 0.2) is 0 Å². The van der Waals surface area contributed by atoms with E-state index in [1.54, 1.807) is 0 Å². The van der Waals surface area contributed by atoms with Crippen LogP contribution in [0.3, 0.4) is 0 Å². The van der Waals surface area contributed by atoms with Gasteiger partial charge in [-0.05, 0) is 20.4 Å². The van der Waals surface area contributed by atoms with Crippen molar-refractivity contribution < 1.29 is 9.53 Å². The van der Waals surface area contributed by atoms with Crippen LogP contribution in [0.2, 0.25) is 0 Å². The van der Waals surface area contributed by atoms with Crippen LogP contribution in [-0.2, 0) is 9.53 Å². The average molecular weight is 187 g/mol. The Hall–Kier alpha value is -0.570. The van der Waals surface area contributed by atoms with Crippen molar-refractivity contribution in [2.45, 2.75) is 39.2 Å². The van der Waals surface area contributed by atoms with Crippen molar-refractivity contribution in [1.82, 2.24) is 4.90 Å². The van der Waals surface area contributed by atoms with Gasteiger partial charge in [0.15, 0.2) is 0 Å². The highest BCUT2D eigenvalue weighted by Gasteiger charge is 2.09. The molecule has 13 heavy (non-hydrogen) atoms. The van der Waals surface area contributed by atoms with E-state index in [1.165, 1.54) is 20.0 Å². The van der Waals surface area contributed by atoms with Crippen LogP contribution >= 0.6 is 0 Å². The van der Waals surface area contributed by atoms with Gasteiger partial charge in [0, 0.05) is 12.6 Å². The van der Waals surface area contributed by atoms with E-state index < -0.39 is 0 Å². The number of carbonyl (C=O) groups is 1. The quantitative estimate of drug-likeness (QED) is 0.592. The molecule has 0 radical (unpaired) electrons. The lowest BCUT2D eigenvalue weighted by Crippen LogP contribution is -2.31. The van der Waals surface area contributed by atoms with Crippen molar-refractivity contribution in [1.29, 1.82) is 0 Å². The Morgan fingerprint density at radius 1 is 1.54 bits per heavy atom. The van der Waals surface area contributed by atoms with Crippen molar-refractivity contribution >= 4 is 5.97 Å². The van der Waals surface area contributed by atoms with E-state index in [0.717, 1.165) is 6.54 Å². The Kier molecular flexibility index (Phi) is 6.59. The topological polar surface area (TPSA) is 29.5 Å². The maximum atomic E-state index is 10.8. The molecule has 0 rings (SSSR count). The van der Waals surface area contributed by atoms with Crippen LogP contribution in [-0.4, -0.2) is 37.6 Å². The Bertz CT molecular complexity index is 148. The molecule has 0 saturated carbocycles. The molecular formula is C10H21NO2. The van der Waals surface area contributed by atoms with Gasteiger partial charge in [-0.25, -0.2) is 0 Å². The first kappa shape index (κ1) is 12.4. The van der Waals surface area contributed by atoms with E-state index in [0.29, 0.717) is 12.5 Å². The largest absolute Gasteiger partial charge is 0.469 e. The molecule has 0 aromatic carbocycles. The standard InChI is InChI=1S/C10H21NO2/c1-5-6-9(2)11(3)8-7-10(12)13-4/h9H,5-8H2,1-4H3. The lowest BCUT2D eigenvalue weighted by atomic mass is 10.1. The Balaban J connectivity index is 3.60. The summed E-state index contributed by atoms with van der Waals surface area (Å²) in [5.41, 5.74) is 0. The van der Waals surface area contributed by atoms with Gasteiger partial charge in [-0.1, -0.05) is 13.3 Å². The summed E-state index contributed by atoms with van der Waals surface area (Å²) < 4.78 is 4.57. The van der Waals surface area contributed by atoms with Crippen molar-refractivity contribution in [3.05, 3.63) is 0 Å². The molecule has 0 N–H and O–H groups in total. The molecule has 0 bridgehead atoms. The Morgan fingerprint density at radius 3 is 2.62 bits per heavy atom. The number of carbonyl (C=O) groups excluding carboxylic acids is 1. The fraction of sp³-hybridized carbons (Fsp3) is 0.900. The van der Waals surface area contributed by atoms with Gasteiger partial charge < -0.3 is 9.64 Å². The normalized spacial score (nSPS) is 13.0. The number of esters is 1. The number of nitrogens with zero attached hydrogens (tertiary/aromatic N) is 1. The second kappa shape index (κ2) is 6.89. The molecule has 3 heteroatoms. The highest BCUT2D eigenvalue weighted by atomic mass is 16.5. The molecule has 0 aromatic heterocycles. The van der Waals surface area contributed by atoms with Gasteiger partial charge in [-0.2, -0.15) is 0 Å². The SMILES string of the molecule is CCCC(C)N(C)CCC(=O)OC. The van der Waals surface area contributed by atoms with Gasteiger partial charge in [0.2, 0.25) is 0 Å². The molecule has 0 saturated heterocycles. The van der Waals surface area contributed by atoms with Gasteiger partial charge >= 0.3 is 5.97 Å². The summed E-state index contributed by atoms with van der Waals surface area (Å²) in [6.07, 6.45) is 2.85. The zero-order valence-corrected chi connectivity index (χ0v) is 9.17. The van der Waals surface area contributed by atoms with E-state index in [2.05, 4.69) is 23.5 Å². The fourth-order valence-electron chi connectivity index (χ4n) is 1.23. The molecule has 0 aliphatic rings. The van der Waals surface area contributed by atoms with Crippen LogP contribution in [0.25, 0.3) is 0 Å². The van der Waals surface area contributed by atoms with Crippen molar-refractivity contribution in [3.63, 3.8) is 0 Å². The van der Waals surface area contributed by atoms with Crippen molar-refractivity contribution in [3.8, 4) is 0 Å². The number of hydrogen-bond donors (Lipinski definition) is 0. The smallest absolute Gasteiger partial charge is 0.306 e. The van der Waals surface area contributed by atoms with Crippen LogP contribution in [0, 0.1) is 0 Å². The summed E-state index contributed by atoms with van der Waals surface area (Å²) in [6.45, 7) is 5.14. The monoisotopic (exact) mass is 187 g/mol. The zero-order valence-electron chi connectivity index (χ0n) is 9.17. The first-order valence-electron chi connectivity index (χ1n) is 4.88. The van der Waals surface area contributed by atoms with E-state index >= 15 is 0 Å². The molecule has 0 aliphatic heterocycles. The summed E-state index contributed by atoms with van der Waals surface area (Å²) in [7, 11) is 3.47. The third kappa shape index (κ3) is 5.64. The van der Waals surface area contributed by atoms with Gasteiger partial charge in [-0.15, -0.1) is 0 Å². The third-order valence-electron chi connectivity index (χ3n) is 2.36. The summed E-state index contributed by atoms with van der Waals surface area (Å²) in [4.78, 5) is 13.0. The minimum absolute atomic E-state index is 0.129.